The van der Waals surface area contributed by atoms with Crippen molar-refractivity contribution < 1.29 is 30.8 Å². The van der Waals surface area contributed by atoms with Gasteiger partial charge in [-0.25, -0.2) is 17.5 Å². The Hall–Kier alpha value is -3.45. The summed E-state index contributed by atoms with van der Waals surface area (Å²) < 4.78 is 80.2. The minimum Gasteiger partial charge on any atom is -0.351 e. The summed E-state index contributed by atoms with van der Waals surface area (Å²) in [5.74, 6) is -2.28. The van der Waals surface area contributed by atoms with E-state index in [-0.39, 0.29) is 34.6 Å². The van der Waals surface area contributed by atoms with Gasteiger partial charge in [0.2, 0.25) is 15.9 Å². The third-order valence-corrected chi connectivity index (χ3v) is 5.99. The number of alkyl halides is 3. The largest absolute Gasteiger partial charge is 0.416 e. The average molecular weight is 526 g/mol. The molecular weight excluding hydrogens is 502 g/mol. The number of aromatic nitrogens is 3. The summed E-state index contributed by atoms with van der Waals surface area (Å²) in [6.45, 7) is 2.38. The lowest BCUT2D eigenvalue weighted by Crippen LogP contribution is -2.29. The molecular formula is C23H23F4N5O3S. The van der Waals surface area contributed by atoms with E-state index >= 15 is 0 Å². The monoisotopic (exact) mass is 525 g/mol. The van der Waals surface area contributed by atoms with Crippen LogP contribution in [0.2, 0.25) is 0 Å². The minimum absolute atomic E-state index is 0.0703. The molecule has 1 atom stereocenters. The van der Waals surface area contributed by atoms with Crippen LogP contribution in [0.25, 0.3) is 11.4 Å². The molecule has 0 radical (unpaired) electrons. The SMILES string of the molecule is Cc1cnc(-c2nccc(C(F)(F)F)c2CNC(=O)C(C)c2ccc(CNS(C)(=O)=O)c(F)c2)cn1. The predicted octanol–water partition coefficient (Wildman–Crippen LogP) is 3.47. The number of carbonyl (C=O) groups excluding carboxylic acids is 1. The van der Waals surface area contributed by atoms with Gasteiger partial charge in [0.05, 0.1) is 35.3 Å². The highest BCUT2D eigenvalue weighted by molar-refractivity contribution is 7.88. The molecule has 1 aromatic carbocycles. The van der Waals surface area contributed by atoms with Gasteiger partial charge in [0.25, 0.3) is 0 Å². The van der Waals surface area contributed by atoms with Gasteiger partial charge < -0.3 is 5.32 Å². The molecule has 3 aromatic rings. The lowest BCUT2D eigenvalue weighted by atomic mass is 9.98. The van der Waals surface area contributed by atoms with E-state index in [4.69, 9.17) is 0 Å². The molecule has 8 nitrogen and oxygen atoms in total. The van der Waals surface area contributed by atoms with E-state index in [2.05, 4.69) is 25.0 Å². The Morgan fingerprint density at radius 2 is 1.81 bits per heavy atom. The first-order valence-electron chi connectivity index (χ1n) is 10.6. The smallest absolute Gasteiger partial charge is 0.351 e. The maximum absolute atomic E-state index is 14.4. The van der Waals surface area contributed by atoms with Gasteiger partial charge in [-0.05, 0) is 31.5 Å². The van der Waals surface area contributed by atoms with Gasteiger partial charge in [-0.15, -0.1) is 0 Å². The fourth-order valence-corrected chi connectivity index (χ4v) is 3.76. The van der Waals surface area contributed by atoms with Crippen molar-refractivity contribution in [2.75, 3.05) is 6.26 Å². The van der Waals surface area contributed by atoms with Crippen molar-refractivity contribution in [3.8, 4) is 11.4 Å². The zero-order chi connectivity index (χ0) is 26.7. The lowest BCUT2D eigenvalue weighted by molar-refractivity contribution is -0.138. The summed E-state index contributed by atoms with van der Waals surface area (Å²) in [4.78, 5) is 25.0. The number of nitrogens with one attached hydrogen (secondary N) is 2. The van der Waals surface area contributed by atoms with E-state index in [1.54, 1.807) is 6.92 Å². The Kier molecular flexibility index (Phi) is 8.04. The van der Waals surface area contributed by atoms with Crippen LogP contribution in [-0.2, 0) is 34.1 Å². The van der Waals surface area contributed by atoms with Crippen LogP contribution in [0.4, 0.5) is 17.6 Å². The first kappa shape index (κ1) is 27.1. The fraction of sp³-hybridized carbons (Fsp3) is 0.304. The first-order chi connectivity index (χ1) is 16.8. The fourth-order valence-electron chi connectivity index (χ4n) is 3.34. The van der Waals surface area contributed by atoms with E-state index in [1.807, 2.05) is 0 Å². The Bertz CT molecular complexity index is 1360. The molecule has 3 rings (SSSR count). The summed E-state index contributed by atoms with van der Waals surface area (Å²) >= 11 is 0. The highest BCUT2D eigenvalue weighted by Gasteiger charge is 2.35. The standard InChI is InChI=1S/C23H23F4N5O3S/c1-13-9-30-20(12-29-13)21-17(18(6-7-28-21)23(25,26)27)11-31-22(33)14(2)15-4-5-16(19(24)8-15)10-32-36(3,34)35/h4-9,12,14,32H,10-11H2,1-3H3,(H,31,33). The molecule has 2 aromatic heterocycles. The number of carbonyl (C=O) groups is 1. The van der Waals surface area contributed by atoms with E-state index in [0.717, 1.165) is 24.6 Å². The summed E-state index contributed by atoms with van der Waals surface area (Å²) in [5, 5.41) is 2.47. The van der Waals surface area contributed by atoms with Crippen molar-refractivity contribution in [3.63, 3.8) is 0 Å². The summed E-state index contributed by atoms with van der Waals surface area (Å²) in [6.07, 6.45) is -0.0634. The predicted molar refractivity (Wildman–Crippen MR) is 123 cm³/mol. The second kappa shape index (κ2) is 10.7. The molecule has 0 aliphatic rings. The number of rotatable bonds is 8. The van der Waals surface area contributed by atoms with Crippen LogP contribution in [0.5, 0.6) is 0 Å². The number of amides is 1. The highest BCUT2D eigenvalue weighted by Crippen LogP contribution is 2.35. The lowest BCUT2D eigenvalue weighted by Gasteiger charge is -2.18. The van der Waals surface area contributed by atoms with E-state index < -0.39 is 46.0 Å². The molecule has 0 aliphatic heterocycles. The van der Waals surface area contributed by atoms with E-state index in [1.165, 1.54) is 31.5 Å². The normalized spacial score (nSPS) is 12.9. The van der Waals surface area contributed by atoms with Crippen LogP contribution in [0.1, 0.15) is 40.8 Å². The summed E-state index contributed by atoms with van der Waals surface area (Å²) in [7, 11) is -3.53. The number of sulfonamides is 1. The molecule has 2 heterocycles. The molecule has 0 saturated heterocycles. The van der Waals surface area contributed by atoms with Crippen molar-refractivity contribution in [3.05, 3.63) is 76.6 Å². The number of halogens is 4. The van der Waals surface area contributed by atoms with Crippen LogP contribution < -0.4 is 10.0 Å². The van der Waals surface area contributed by atoms with Crippen LogP contribution in [0, 0.1) is 12.7 Å². The summed E-state index contributed by atoms with van der Waals surface area (Å²) in [6, 6.07) is 4.69. The second-order valence-corrected chi connectivity index (χ2v) is 9.94. The van der Waals surface area contributed by atoms with Gasteiger partial charge in [-0.2, -0.15) is 13.2 Å². The number of pyridine rings is 1. The van der Waals surface area contributed by atoms with E-state index in [9.17, 15) is 30.8 Å². The number of aryl methyl sites for hydroxylation is 1. The molecule has 1 unspecified atom stereocenters. The molecule has 0 fully saturated rings. The van der Waals surface area contributed by atoms with Gasteiger partial charge in [-0.3, -0.25) is 19.7 Å². The molecule has 0 saturated carbocycles. The van der Waals surface area contributed by atoms with Crippen LogP contribution in [-0.4, -0.2) is 35.5 Å². The van der Waals surface area contributed by atoms with Crippen LogP contribution in [0.3, 0.4) is 0 Å². The van der Waals surface area contributed by atoms with Crippen molar-refractivity contribution in [2.24, 2.45) is 0 Å². The third-order valence-electron chi connectivity index (χ3n) is 5.32. The topological polar surface area (TPSA) is 114 Å². The van der Waals surface area contributed by atoms with Gasteiger partial charge in [0.15, 0.2) is 0 Å². The van der Waals surface area contributed by atoms with Gasteiger partial charge in [-0.1, -0.05) is 12.1 Å². The highest BCUT2D eigenvalue weighted by atomic mass is 32.2. The molecule has 36 heavy (non-hydrogen) atoms. The number of hydrogen-bond donors (Lipinski definition) is 2. The summed E-state index contributed by atoms with van der Waals surface area (Å²) in [5.41, 5.74) is -0.303. The van der Waals surface area contributed by atoms with Gasteiger partial charge in [0.1, 0.15) is 11.5 Å². The minimum atomic E-state index is -4.71. The maximum Gasteiger partial charge on any atom is 0.416 e. The quantitative estimate of drug-likeness (QED) is 0.436. The zero-order valence-electron chi connectivity index (χ0n) is 19.5. The van der Waals surface area contributed by atoms with Gasteiger partial charge >= 0.3 is 6.18 Å². The first-order valence-corrected chi connectivity index (χ1v) is 12.5. The average Bonchev–Trinajstić information content (AvgIpc) is 2.80. The Morgan fingerprint density at radius 1 is 1.08 bits per heavy atom. The van der Waals surface area contributed by atoms with Crippen molar-refractivity contribution in [1.29, 1.82) is 0 Å². The Balaban J connectivity index is 1.82. The maximum atomic E-state index is 14.4. The molecule has 2 N–H and O–H groups in total. The van der Waals surface area contributed by atoms with Crippen molar-refractivity contribution >= 4 is 15.9 Å². The molecule has 192 valence electrons. The van der Waals surface area contributed by atoms with Crippen LogP contribution >= 0.6 is 0 Å². The zero-order valence-corrected chi connectivity index (χ0v) is 20.3. The second-order valence-electron chi connectivity index (χ2n) is 8.11. The van der Waals surface area contributed by atoms with Crippen molar-refractivity contribution in [2.45, 2.75) is 39.0 Å². The molecule has 0 spiro atoms. The Morgan fingerprint density at radius 3 is 2.39 bits per heavy atom. The van der Waals surface area contributed by atoms with E-state index in [0.29, 0.717) is 5.69 Å². The van der Waals surface area contributed by atoms with Crippen LogP contribution in [0.15, 0.2) is 42.9 Å². The molecule has 13 heteroatoms. The molecule has 0 bridgehead atoms. The van der Waals surface area contributed by atoms with Crippen molar-refractivity contribution in [1.82, 2.24) is 25.0 Å². The number of benzene rings is 1. The number of nitrogens with zero attached hydrogens (tertiary/aromatic N) is 3. The third kappa shape index (κ3) is 6.82. The number of hydrogen-bond acceptors (Lipinski definition) is 6. The Labute approximate surface area is 205 Å². The van der Waals surface area contributed by atoms with Gasteiger partial charge in [0, 0.05) is 36.6 Å². The molecule has 1 amide bonds. The molecule has 0 aliphatic carbocycles.